The lowest BCUT2D eigenvalue weighted by atomic mass is 9.84. The maximum atomic E-state index is 12.2. The van der Waals surface area contributed by atoms with E-state index in [9.17, 15) is 4.79 Å². The van der Waals surface area contributed by atoms with Crippen molar-refractivity contribution in [2.75, 3.05) is 0 Å². The number of rotatable bonds is 1. The number of cyclic esters (lactones) is 1. The van der Waals surface area contributed by atoms with Crippen molar-refractivity contribution in [3.05, 3.63) is 29.2 Å². The Morgan fingerprint density at radius 2 is 2.10 bits per heavy atom. The van der Waals surface area contributed by atoms with Crippen molar-refractivity contribution in [1.29, 1.82) is 0 Å². The molecular weight excluding hydrogens is 254 g/mol. The molecule has 0 spiro atoms. The highest BCUT2D eigenvalue weighted by molar-refractivity contribution is 5.90. The summed E-state index contributed by atoms with van der Waals surface area (Å²) in [5, 5.41) is 7.40. The van der Waals surface area contributed by atoms with Crippen LogP contribution in [0, 0.1) is 11.8 Å². The number of aryl methyl sites for hydroxylation is 1. The molecule has 5 nitrogen and oxygen atoms in total. The average molecular weight is 273 g/mol. The number of aromatic nitrogens is 2. The minimum Gasteiger partial charge on any atom is -0.431 e. The average Bonchev–Trinajstić information content (AvgIpc) is 3.09. The Hall–Kier alpha value is -1.78. The minimum absolute atomic E-state index is 0.201. The second-order valence-electron chi connectivity index (χ2n) is 6.24. The fourth-order valence-electron chi connectivity index (χ4n) is 3.94. The van der Waals surface area contributed by atoms with Gasteiger partial charge in [0.1, 0.15) is 5.70 Å². The maximum absolute atomic E-state index is 12.2. The van der Waals surface area contributed by atoms with Crippen molar-refractivity contribution in [3.8, 4) is 0 Å². The van der Waals surface area contributed by atoms with E-state index in [2.05, 4.69) is 10.4 Å². The highest BCUT2D eigenvalue weighted by Crippen LogP contribution is 2.45. The van der Waals surface area contributed by atoms with Gasteiger partial charge < -0.3 is 10.1 Å². The molecule has 2 bridgehead atoms. The summed E-state index contributed by atoms with van der Waals surface area (Å²) in [5.41, 5.74) is 2.87. The van der Waals surface area contributed by atoms with Crippen molar-refractivity contribution >= 4 is 5.97 Å². The summed E-state index contributed by atoms with van der Waals surface area (Å²) < 4.78 is 7.21. The Balaban J connectivity index is 1.61. The summed E-state index contributed by atoms with van der Waals surface area (Å²) in [7, 11) is 1.86. The minimum atomic E-state index is -0.392. The number of nitrogens with one attached hydrogen (secondary N) is 1. The van der Waals surface area contributed by atoms with E-state index in [1.165, 1.54) is 24.8 Å². The highest BCUT2D eigenvalue weighted by atomic mass is 16.6. The van der Waals surface area contributed by atoms with Gasteiger partial charge in [0.15, 0.2) is 0 Å². The van der Waals surface area contributed by atoms with Crippen LogP contribution in [0.15, 0.2) is 23.5 Å². The van der Waals surface area contributed by atoms with E-state index in [1.54, 1.807) is 10.9 Å². The molecule has 3 fully saturated rings. The smallest absolute Gasteiger partial charge is 0.356 e. The zero-order valence-corrected chi connectivity index (χ0v) is 11.6. The predicted molar refractivity (Wildman–Crippen MR) is 72.3 cm³/mol. The summed E-state index contributed by atoms with van der Waals surface area (Å²) in [6.07, 6.45) is 7.44. The van der Waals surface area contributed by atoms with Gasteiger partial charge in [0.2, 0.25) is 6.23 Å². The number of hydrogen-bond acceptors (Lipinski definition) is 4. The van der Waals surface area contributed by atoms with Gasteiger partial charge >= 0.3 is 5.97 Å². The number of allylic oxidation sites excluding steroid dienone is 1. The second kappa shape index (κ2) is 4.36. The van der Waals surface area contributed by atoms with E-state index in [4.69, 9.17) is 4.74 Å². The normalized spacial score (nSPS) is 32.5. The van der Waals surface area contributed by atoms with E-state index in [0.717, 1.165) is 30.4 Å². The van der Waals surface area contributed by atoms with Crippen molar-refractivity contribution in [2.24, 2.45) is 18.9 Å². The predicted octanol–water partition coefficient (Wildman–Crippen LogP) is 2.03. The van der Waals surface area contributed by atoms with Crippen LogP contribution in [-0.4, -0.2) is 15.7 Å². The van der Waals surface area contributed by atoms with Gasteiger partial charge in [-0.1, -0.05) is 0 Å². The van der Waals surface area contributed by atoms with Crippen LogP contribution in [0.1, 0.15) is 44.0 Å². The van der Waals surface area contributed by atoms with Crippen LogP contribution < -0.4 is 5.32 Å². The van der Waals surface area contributed by atoms with Gasteiger partial charge in [-0.25, -0.2) is 4.79 Å². The van der Waals surface area contributed by atoms with E-state index >= 15 is 0 Å². The zero-order chi connectivity index (χ0) is 13.7. The summed E-state index contributed by atoms with van der Waals surface area (Å²) in [6, 6.07) is 1.88. The molecule has 1 aromatic heterocycles. The van der Waals surface area contributed by atoms with E-state index in [0.29, 0.717) is 5.70 Å². The molecule has 3 aliphatic rings. The quantitative estimate of drug-likeness (QED) is 0.628. The molecule has 1 aliphatic heterocycles. The Morgan fingerprint density at radius 3 is 2.75 bits per heavy atom. The van der Waals surface area contributed by atoms with Crippen LogP contribution in [0.4, 0.5) is 0 Å². The van der Waals surface area contributed by atoms with Crippen molar-refractivity contribution in [2.45, 2.75) is 38.3 Å². The molecule has 0 amide bonds. The van der Waals surface area contributed by atoms with Crippen LogP contribution >= 0.6 is 0 Å². The van der Waals surface area contributed by atoms with Crippen LogP contribution in [0.25, 0.3) is 0 Å². The van der Waals surface area contributed by atoms with Gasteiger partial charge in [0, 0.05) is 13.2 Å². The number of carbonyl (C=O) groups is 1. The molecule has 2 heterocycles. The lowest BCUT2D eigenvalue weighted by Crippen LogP contribution is -2.19. The summed E-state index contributed by atoms with van der Waals surface area (Å²) in [6.45, 7) is 0. The molecule has 2 saturated carbocycles. The number of esters is 1. The molecule has 0 radical (unpaired) electrons. The van der Waals surface area contributed by atoms with Crippen molar-refractivity contribution in [3.63, 3.8) is 0 Å². The number of fused-ring (bicyclic) bond motifs is 2. The van der Waals surface area contributed by atoms with Crippen LogP contribution in [0.3, 0.4) is 0 Å². The molecule has 1 saturated heterocycles. The molecule has 5 heteroatoms. The Labute approximate surface area is 118 Å². The first kappa shape index (κ1) is 12.0. The van der Waals surface area contributed by atoms with Crippen LogP contribution in [0.2, 0.25) is 0 Å². The van der Waals surface area contributed by atoms with E-state index in [-0.39, 0.29) is 5.97 Å². The fraction of sp³-hybridized carbons (Fsp3) is 0.600. The summed E-state index contributed by atoms with van der Waals surface area (Å²) >= 11 is 0. The third-order valence-electron chi connectivity index (χ3n) is 4.91. The Bertz CT molecular complexity index is 576. The van der Waals surface area contributed by atoms with Gasteiger partial charge in [-0.2, -0.15) is 5.10 Å². The summed E-state index contributed by atoms with van der Waals surface area (Å²) in [4.78, 5) is 12.2. The van der Waals surface area contributed by atoms with Gasteiger partial charge in [-0.05, 0) is 55.6 Å². The Kier molecular flexibility index (Phi) is 2.62. The van der Waals surface area contributed by atoms with Crippen molar-refractivity contribution in [1.82, 2.24) is 15.1 Å². The summed E-state index contributed by atoms with van der Waals surface area (Å²) in [5.74, 6) is 1.36. The molecule has 3 unspecified atom stereocenters. The standard InChI is InChI=1S/C15H19N3O2/c1-18-12(4-5-16-18)14-17-13(15(19)20-14)11-7-9-2-3-10(6-9)8-11/h4-5,9-10,14,17H,2-3,6-8H2,1H3. The molecule has 4 rings (SSSR count). The van der Waals surface area contributed by atoms with E-state index in [1.807, 2.05) is 13.1 Å². The molecule has 3 atom stereocenters. The van der Waals surface area contributed by atoms with Gasteiger partial charge in [-0.3, -0.25) is 4.68 Å². The first-order valence-electron chi connectivity index (χ1n) is 7.38. The van der Waals surface area contributed by atoms with Crippen molar-refractivity contribution < 1.29 is 9.53 Å². The number of ether oxygens (including phenoxy) is 1. The van der Waals surface area contributed by atoms with Gasteiger partial charge in [-0.15, -0.1) is 0 Å². The van der Waals surface area contributed by atoms with Crippen LogP contribution in [0.5, 0.6) is 0 Å². The monoisotopic (exact) mass is 273 g/mol. The number of nitrogens with zero attached hydrogens (tertiary/aromatic N) is 2. The zero-order valence-electron chi connectivity index (χ0n) is 11.6. The van der Waals surface area contributed by atoms with Gasteiger partial charge in [0.25, 0.3) is 0 Å². The fourth-order valence-corrected chi connectivity index (χ4v) is 3.94. The molecule has 0 aromatic carbocycles. The lowest BCUT2D eigenvalue weighted by Gasteiger charge is -2.22. The van der Waals surface area contributed by atoms with E-state index < -0.39 is 6.23 Å². The molecule has 106 valence electrons. The third kappa shape index (κ3) is 1.84. The second-order valence-corrected chi connectivity index (χ2v) is 6.24. The molecule has 20 heavy (non-hydrogen) atoms. The topological polar surface area (TPSA) is 56.2 Å². The maximum Gasteiger partial charge on any atom is 0.356 e. The van der Waals surface area contributed by atoms with Crippen LogP contribution in [-0.2, 0) is 16.6 Å². The molecular formula is C15H19N3O2. The number of carbonyl (C=O) groups excluding carboxylic acids is 1. The van der Waals surface area contributed by atoms with Gasteiger partial charge in [0.05, 0.1) is 5.69 Å². The first-order valence-corrected chi connectivity index (χ1v) is 7.38. The lowest BCUT2D eigenvalue weighted by molar-refractivity contribution is -0.139. The molecule has 1 aromatic rings. The number of hydrogen-bond donors (Lipinski definition) is 1. The largest absolute Gasteiger partial charge is 0.431 e. The SMILES string of the molecule is Cn1nccc1C1NC(=C2CC3CCC(C2)C3)C(=O)O1. The molecule has 2 aliphatic carbocycles. The Morgan fingerprint density at radius 1 is 1.35 bits per heavy atom. The third-order valence-corrected chi connectivity index (χ3v) is 4.91. The molecule has 1 N–H and O–H groups in total. The first-order chi connectivity index (χ1) is 9.70. The highest BCUT2D eigenvalue weighted by Gasteiger charge is 2.38.